The minimum atomic E-state index is -1.09. The second-order valence-corrected chi connectivity index (χ2v) is 9.04. The molecule has 6 heteroatoms. The normalized spacial score (nSPS) is 12.0. The van der Waals surface area contributed by atoms with E-state index in [2.05, 4.69) is 13.8 Å². The SMILES string of the molecule is CCCCCCCCCC(=O)N(C(=O)CCCCCCCCC)[C@@H](CCCCN)C(=O)O. The lowest BCUT2D eigenvalue weighted by molar-refractivity contribution is -0.158. The molecule has 0 saturated carbocycles. The van der Waals surface area contributed by atoms with Crippen LogP contribution in [0.25, 0.3) is 0 Å². The fourth-order valence-corrected chi connectivity index (χ4v) is 4.04. The Bertz CT molecular complexity index is 466. The molecule has 0 aliphatic heterocycles. The highest BCUT2D eigenvalue weighted by molar-refractivity contribution is 5.99. The minimum absolute atomic E-state index is 0.247. The van der Waals surface area contributed by atoms with Crippen LogP contribution in [0.3, 0.4) is 0 Å². The molecule has 0 aliphatic rings. The van der Waals surface area contributed by atoms with Gasteiger partial charge in [0.05, 0.1) is 0 Å². The summed E-state index contributed by atoms with van der Waals surface area (Å²) < 4.78 is 0. The number of amides is 2. The average Bonchev–Trinajstić information content (AvgIpc) is 2.77. The molecule has 0 saturated heterocycles. The molecule has 0 aromatic heterocycles. The van der Waals surface area contributed by atoms with Gasteiger partial charge in [0.1, 0.15) is 6.04 Å². The van der Waals surface area contributed by atoms with E-state index in [-0.39, 0.29) is 31.1 Å². The third-order valence-electron chi connectivity index (χ3n) is 6.05. The van der Waals surface area contributed by atoms with Crippen LogP contribution in [0.5, 0.6) is 0 Å². The summed E-state index contributed by atoms with van der Waals surface area (Å²) in [6, 6.07) is -1.07. The van der Waals surface area contributed by atoms with Crippen molar-refractivity contribution in [2.45, 2.75) is 142 Å². The van der Waals surface area contributed by atoms with E-state index in [0.717, 1.165) is 30.6 Å². The zero-order valence-electron chi connectivity index (χ0n) is 20.9. The first-order valence-corrected chi connectivity index (χ1v) is 13.3. The van der Waals surface area contributed by atoms with Gasteiger partial charge < -0.3 is 10.8 Å². The number of nitrogens with zero attached hydrogens (tertiary/aromatic N) is 1. The van der Waals surface area contributed by atoms with Gasteiger partial charge in [-0.05, 0) is 38.6 Å². The predicted molar refractivity (Wildman–Crippen MR) is 131 cm³/mol. The molecule has 0 bridgehead atoms. The van der Waals surface area contributed by atoms with Gasteiger partial charge in [0.15, 0.2) is 0 Å². The van der Waals surface area contributed by atoms with Gasteiger partial charge in [0.2, 0.25) is 11.8 Å². The molecule has 6 nitrogen and oxygen atoms in total. The number of rotatable bonds is 22. The van der Waals surface area contributed by atoms with Crippen molar-refractivity contribution in [3.05, 3.63) is 0 Å². The maximum absolute atomic E-state index is 12.9. The molecule has 2 amide bonds. The fourth-order valence-electron chi connectivity index (χ4n) is 4.04. The quantitative estimate of drug-likeness (QED) is 0.190. The number of nitrogens with two attached hydrogens (primary N) is 1. The van der Waals surface area contributed by atoms with Crippen molar-refractivity contribution < 1.29 is 19.5 Å². The number of hydrogen-bond donors (Lipinski definition) is 2. The number of hydrogen-bond acceptors (Lipinski definition) is 4. The molecule has 1 atom stereocenters. The topological polar surface area (TPSA) is 101 Å². The summed E-state index contributed by atoms with van der Waals surface area (Å²) in [7, 11) is 0. The number of carbonyl (C=O) groups is 3. The summed E-state index contributed by atoms with van der Waals surface area (Å²) >= 11 is 0. The Morgan fingerprint density at radius 2 is 1.06 bits per heavy atom. The lowest BCUT2D eigenvalue weighted by atomic mass is 10.0. The van der Waals surface area contributed by atoms with Gasteiger partial charge in [-0.15, -0.1) is 0 Å². The van der Waals surface area contributed by atoms with E-state index >= 15 is 0 Å². The van der Waals surface area contributed by atoms with E-state index in [0.29, 0.717) is 32.2 Å². The third-order valence-corrected chi connectivity index (χ3v) is 6.05. The number of carboxylic acid groups (broad SMARTS) is 1. The van der Waals surface area contributed by atoms with E-state index in [1.165, 1.54) is 51.4 Å². The second kappa shape index (κ2) is 21.4. The Kier molecular flexibility index (Phi) is 20.5. The third kappa shape index (κ3) is 15.4. The van der Waals surface area contributed by atoms with Gasteiger partial charge in [-0.25, -0.2) is 4.79 Å². The lowest BCUT2D eigenvalue weighted by Crippen LogP contribution is -2.48. The van der Waals surface area contributed by atoms with Gasteiger partial charge >= 0.3 is 5.97 Å². The Balaban J connectivity index is 4.77. The van der Waals surface area contributed by atoms with Crippen LogP contribution in [0.15, 0.2) is 0 Å². The number of carboxylic acids is 1. The molecular formula is C26H50N2O4. The van der Waals surface area contributed by atoms with Crippen LogP contribution in [-0.4, -0.2) is 40.4 Å². The Morgan fingerprint density at radius 3 is 1.44 bits per heavy atom. The van der Waals surface area contributed by atoms with Crippen LogP contribution in [0.2, 0.25) is 0 Å². The number of aliphatic carboxylic acids is 1. The molecule has 0 radical (unpaired) electrons. The zero-order chi connectivity index (χ0) is 24.0. The van der Waals surface area contributed by atoms with Crippen molar-refractivity contribution in [2.24, 2.45) is 5.73 Å². The lowest BCUT2D eigenvalue weighted by Gasteiger charge is -2.27. The van der Waals surface area contributed by atoms with E-state index < -0.39 is 12.0 Å². The van der Waals surface area contributed by atoms with E-state index in [4.69, 9.17) is 5.73 Å². The summed E-state index contributed by atoms with van der Waals surface area (Å²) in [5.41, 5.74) is 5.54. The molecule has 0 spiro atoms. The molecule has 0 rings (SSSR count). The van der Waals surface area contributed by atoms with Crippen molar-refractivity contribution in [1.82, 2.24) is 4.90 Å². The first kappa shape index (κ1) is 30.6. The van der Waals surface area contributed by atoms with Crippen LogP contribution in [-0.2, 0) is 14.4 Å². The zero-order valence-corrected chi connectivity index (χ0v) is 20.9. The number of unbranched alkanes of at least 4 members (excludes halogenated alkanes) is 13. The molecule has 188 valence electrons. The van der Waals surface area contributed by atoms with Crippen molar-refractivity contribution >= 4 is 17.8 Å². The highest BCUT2D eigenvalue weighted by atomic mass is 16.4. The number of carbonyl (C=O) groups excluding carboxylic acids is 2. The maximum Gasteiger partial charge on any atom is 0.326 e. The first-order chi connectivity index (χ1) is 15.5. The average molecular weight is 455 g/mol. The summed E-state index contributed by atoms with van der Waals surface area (Å²) in [6.45, 7) is 4.84. The van der Waals surface area contributed by atoms with Crippen molar-refractivity contribution in [3.63, 3.8) is 0 Å². The second-order valence-electron chi connectivity index (χ2n) is 9.04. The van der Waals surface area contributed by atoms with E-state index in [1.54, 1.807) is 0 Å². The number of imide groups is 1. The molecule has 0 aromatic rings. The van der Waals surface area contributed by atoms with Gasteiger partial charge in [0.25, 0.3) is 0 Å². The van der Waals surface area contributed by atoms with Crippen LogP contribution in [0, 0.1) is 0 Å². The minimum Gasteiger partial charge on any atom is -0.480 e. The largest absolute Gasteiger partial charge is 0.480 e. The van der Waals surface area contributed by atoms with Crippen molar-refractivity contribution in [1.29, 1.82) is 0 Å². The van der Waals surface area contributed by atoms with Gasteiger partial charge in [0, 0.05) is 12.8 Å². The fraction of sp³-hybridized carbons (Fsp3) is 0.885. The highest BCUT2D eigenvalue weighted by Crippen LogP contribution is 2.17. The molecule has 0 fully saturated rings. The Morgan fingerprint density at radius 1 is 0.656 bits per heavy atom. The van der Waals surface area contributed by atoms with Gasteiger partial charge in [-0.2, -0.15) is 0 Å². The molecule has 0 aromatic carbocycles. The van der Waals surface area contributed by atoms with Gasteiger partial charge in [-0.1, -0.05) is 90.9 Å². The highest BCUT2D eigenvalue weighted by Gasteiger charge is 2.33. The Hall–Kier alpha value is -1.43. The molecule has 32 heavy (non-hydrogen) atoms. The van der Waals surface area contributed by atoms with E-state index in [9.17, 15) is 19.5 Å². The van der Waals surface area contributed by atoms with Crippen LogP contribution >= 0.6 is 0 Å². The summed E-state index contributed by atoms with van der Waals surface area (Å²) in [5, 5.41) is 9.75. The van der Waals surface area contributed by atoms with Crippen LogP contribution < -0.4 is 5.73 Å². The molecular weight excluding hydrogens is 404 g/mol. The van der Waals surface area contributed by atoms with Crippen molar-refractivity contribution in [3.8, 4) is 0 Å². The monoisotopic (exact) mass is 454 g/mol. The summed E-state index contributed by atoms with van der Waals surface area (Å²) in [5.74, 6) is -1.75. The maximum atomic E-state index is 12.9. The molecule has 0 unspecified atom stereocenters. The first-order valence-electron chi connectivity index (χ1n) is 13.3. The van der Waals surface area contributed by atoms with Crippen LogP contribution in [0.4, 0.5) is 0 Å². The summed E-state index contributed by atoms with van der Waals surface area (Å²) in [4.78, 5) is 38.8. The van der Waals surface area contributed by atoms with Crippen molar-refractivity contribution in [2.75, 3.05) is 6.54 Å². The van der Waals surface area contributed by atoms with Gasteiger partial charge in [-0.3, -0.25) is 14.5 Å². The van der Waals surface area contributed by atoms with E-state index in [1.807, 2.05) is 0 Å². The standard InChI is InChI=1S/C26H50N2O4/c1-3-5-7-9-11-13-15-20-24(29)28(23(26(31)32)19-17-18-22-27)25(30)21-16-14-12-10-8-6-4-2/h23H,3-22,27H2,1-2H3,(H,31,32)/t23-/m0/s1. The smallest absolute Gasteiger partial charge is 0.326 e. The summed E-state index contributed by atoms with van der Waals surface area (Å²) in [6.07, 6.45) is 17.2. The Labute approximate surface area is 196 Å². The molecule has 3 N–H and O–H groups in total. The predicted octanol–water partition coefficient (Wildman–Crippen LogP) is 6.21. The molecule has 0 heterocycles. The van der Waals surface area contributed by atoms with Crippen LogP contribution in [0.1, 0.15) is 136 Å². The molecule has 0 aliphatic carbocycles.